The zero-order valence-corrected chi connectivity index (χ0v) is 12.2. The fourth-order valence-electron chi connectivity index (χ4n) is 4.16. The van der Waals surface area contributed by atoms with Crippen LogP contribution in [0, 0.1) is 17.3 Å². The fourth-order valence-corrected chi connectivity index (χ4v) is 5.12. The highest BCUT2D eigenvalue weighted by Crippen LogP contribution is 2.64. The summed E-state index contributed by atoms with van der Waals surface area (Å²) in [6.07, 6.45) is 4.13. The van der Waals surface area contributed by atoms with Gasteiger partial charge < -0.3 is 9.47 Å². The lowest BCUT2D eigenvalue weighted by Gasteiger charge is -2.56. The maximum atomic E-state index is 12.8. The quantitative estimate of drug-likeness (QED) is 0.645. The van der Waals surface area contributed by atoms with Crippen molar-refractivity contribution in [3.8, 4) is 0 Å². The lowest BCUT2D eigenvalue weighted by molar-refractivity contribution is -0.175. The molecule has 1 saturated carbocycles. The van der Waals surface area contributed by atoms with E-state index in [4.69, 9.17) is 9.47 Å². The molecule has 2 heterocycles. The maximum absolute atomic E-state index is 12.8. The molecule has 0 N–H and O–H groups in total. The van der Waals surface area contributed by atoms with Gasteiger partial charge in [0.05, 0.1) is 24.2 Å². The van der Waals surface area contributed by atoms with Gasteiger partial charge in [0.1, 0.15) is 0 Å². The lowest BCUT2D eigenvalue weighted by atomic mass is 9.52. The highest BCUT2D eigenvalue weighted by molar-refractivity contribution is 9.11. The van der Waals surface area contributed by atoms with Crippen LogP contribution in [0.1, 0.15) is 26.7 Å². The molecule has 2 saturated heterocycles. The molecule has 2 spiro atoms. The van der Waals surface area contributed by atoms with E-state index in [0.717, 1.165) is 17.3 Å². The first kappa shape index (κ1) is 11.6. The van der Waals surface area contributed by atoms with Gasteiger partial charge in [-0.2, -0.15) is 0 Å². The van der Waals surface area contributed by atoms with Gasteiger partial charge >= 0.3 is 0 Å². The minimum Gasteiger partial charge on any atom is -0.374 e. The molecule has 3 nitrogen and oxygen atoms in total. The first-order chi connectivity index (χ1) is 8.40. The number of ketones is 1. The summed E-state index contributed by atoms with van der Waals surface area (Å²) < 4.78 is 12.7. The second-order valence-corrected chi connectivity index (χ2v) is 7.73. The Bertz CT molecular complexity index is 477. The molecular formula is C14H17BrO3. The third-order valence-corrected chi connectivity index (χ3v) is 6.02. The van der Waals surface area contributed by atoms with Gasteiger partial charge in [0.2, 0.25) is 0 Å². The summed E-state index contributed by atoms with van der Waals surface area (Å²) in [7, 11) is 0. The standard InChI is InChI=1S/C14H17BrO3/c1-12(2)4-8-3-9-10(15)5-13(8,6-17-12)11(16)14(9)7-18-14/h5,8-9H,3-4,6-7H2,1-2H3/t8?,9?,13?,14-/m0/s1. The highest BCUT2D eigenvalue weighted by atomic mass is 79.9. The van der Waals surface area contributed by atoms with E-state index in [2.05, 4.69) is 35.9 Å². The van der Waals surface area contributed by atoms with E-state index in [-0.39, 0.29) is 17.3 Å². The molecular weight excluding hydrogens is 296 g/mol. The Morgan fingerprint density at radius 2 is 2.06 bits per heavy atom. The Hall–Kier alpha value is -0.190. The predicted octanol–water partition coefficient (Wildman–Crippen LogP) is 2.44. The largest absolute Gasteiger partial charge is 0.374 e. The van der Waals surface area contributed by atoms with Crippen LogP contribution >= 0.6 is 15.9 Å². The summed E-state index contributed by atoms with van der Waals surface area (Å²) >= 11 is 3.65. The summed E-state index contributed by atoms with van der Waals surface area (Å²) in [5.41, 5.74) is -1.04. The second kappa shape index (κ2) is 3.10. The lowest BCUT2D eigenvalue weighted by Crippen LogP contribution is -2.63. The van der Waals surface area contributed by atoms with Crippen LogP contribution < -0.4 is 0 Å². The molecule has 4 atom stereocenters. The number of rotatable bonds is 0. The molecule has 2 bridgehead atoms. The van der Waals surface area contributed by atoms with Crippen molar-refractivity contribution in [1.82, 2.24) is 0 Å². The molecule has 3 fully saturated rings. The Balaban J connectivity index is 1.82. The monoisotopic (exact) mass is 312 g/mol. The number of halogens is 1. The number of epoxide rings is 1. The molecule has 18 heavy (non-hydrogen) atoms. The van der Waals surface area contributed by atoms with E-state index in [1.165, 1.54) is 0 Å². The predicted molar refractivity (Wildman–Crippen MR) is 69.4 cm³/mol. The van der Waals surface area contributed by atoms with Crippen molar-refractivity contribution in [2.24, 2.45) is 17.3 Å². The normalized spacial score (nSPS) is 52.2. The average Bonchev–Trinajstić information content (AvgIpc) is 3.06. The molecule has 5 rings (SSSR count). The number of carbonyl (C=O) groups is 1. The molecule has 0 radical (unpaired) electrons. The molecule has 3 aliphatic carbocycles. The number of hydrogen-bond acceptors (Lipinski definition) is 3. The van der Waals surface area contributed by atoms with Crippen LogP contribution in [0.5, 0.6) is 0 Å². The fraction of sp³-hybridized carbons (Fsp3) is 0.786. The van der Waals surface area contributed by atoms with Gasteiger partial charge in [-0.1, -0.05) is 22.0 Å². The minimum atomic E-state index is -0.505. The summed E-state index contributed by atoms with van der Waals surface area (Å²) in [5.74, 6) is 0.926. The van der Waals surface area contributed by atoms with Crippen molar-refractivity contribution in [2.75, 3.05) is 13.2 Å². The van der Waals surface area contributed by atoms with Crippen LogP contribution in [-0.2, 0) is 14.3 Å². The maximum Gasteiger partial charge on any atom is 0.180 e. The summed E-state index contributed by atoms with van der Waals surface area (Å²) in [6.45, 7) is 5.34. The van der Waals surface area contributed by atoms with Gasteiger partial charge in [0, 0.05) is 5.92 Å². The minimum absolute atomic E-state index is 0.106. The van der Waals surface area contributed by atoms with Gasteiger partial charge in [-0.3, -0.25) is 4.79 Å². The van der Waals surface area contributed by atoms with Crippen LogP contribution in [0.15, 0.2) is 10.6 Å². The Labute approximate surface area is 115 Å². The zero-order chi connectivity index (χ0) is 12.8. The Kier molecular flexibility index (Phi) is 2.00. The first-order valence-corrected chi connectivity index (χ1v) is 7.40. The van der Waals surface area contributed by atoms with Crippen molar-refractivity contribution in [1.29, 1.82) is 0 Å². The van der Waals surface area contributed by atoms with Gasteiger partial charge in [-0.15, -0.1) is 0 Å². The number of hydrogen-bond donors (Lipinski definition) is 0. The van der Waals surface area contributed by atoms with Crippen molar-refractivity contribution in [3.05, 3.63) is 10.6 Å². The van der Waals surface area contributed by atoms with Crippen LogP contribution in [0.3, 0.4) is 0 Å². The van der Waals surface area contributed by atoms with E-state index < -0.39 is 11.0 Å². The van der Waals surface area contributed by atoms with Crippen LogP contribution in [-0.4, -0.2) is 30.2 Å². The molecule has 5 aliphatic rings. The van der Waals surface area contributed by atoms with Gasteiger partial charge in [0.25, 0.3) is 0 Å². The molecule has 4 heteroatoms. The summed E-state index contributed by atoms with van der Waals surface area (Å²) in [5, 5.41) is 0. The molecule has 0 aromatic rings. The Morgan fingerprint density at radius 1 is 1.33 bits per heavy atom. The van der Waals surface area contributed by atoms with Crippen molar-refractivity contribution < 1.29 is 14.3 Å². The van der Waals surface area contributed by atoms with Crippen molar-refractivity contribution >= 4 is 21.7 Å². The molecule has 98 valence electrons. The zero-order valence-electron chi connectivity index (χ0n) is 10.7. The van der Waals surface area contributed by atoms with Crippen LogP contribution in [0.4, 0.5) is 0 Å². The molecule has 3 unspecified atom stereocenters. The summed E-state index contributed by atoms with van der Waals surface area (Å²) in [4.78, 5) is 12.8. The summed E-state index contributed by atoms with van der Waals surface area (Å²) in [6, 6.07) is 0. The first-order valence-electron chi connectivity index (χ1n) is 6.61. The Morgan fingerprint density at radius 3 is 2.72 bits per heavy atom. The van der Waals surface area contributed by atoms with E-state index >= 15 is 0 Å². The van der Waals surface area contributed by atoms with Gasteiger partial charge in [0.15, 0.2) is 11.4 Å². The smallest absolute Gasteiger partial charge is 0.180 e. The molecule has 2 aliphatic heterocycles. The van der Waals surface area contributed by atoms with E-state index in [1.54, 1.807) is 0 Å². The van der Waals surface area contributed by atoms with Crippen molar-refractivity contribution in [2.45, 2.75) is 37.9 Å². The SMILES string of the molecule is CC1(C)CC2CC3C(Br)=CC2(CO1)C(=O)[C@]31CO1. The van der Waals surface area contributed by atoms with E-state index in [9.17, 15) is 4.79 Å². The molecule has 0 aromatic carbocycles. The third-order valence-electron chi connectivity index (χ3n) is 5.24. The van der Waals surface area contributed by atoms with Crippen LogP contribution in [0.25, 0.3) is 0 Å². The van der Waals surface area contributed by atoms with E-state index in [1.807, 2.05) is 0 Å². The number of Topliss-reactive ketones (excluding diaryl/α,β-unsaturated/α-hetero) is 1. The van der Waals surface area contributed by atoms with Crippen molar-refractivity contribution in [3.63, 3.8) is 0 Å². The topological polar surface area (TPSA) is 38.8 Å². The third kappa shape index (κ3) is 1.20. The van der Waals surface area contributed by atoms with Gasteiger partial charge in [-0.05, 0) is 37.1 Å². The highest BCUT2D eigenvalue weighted by Gasteiger charge is 2.72. The molecule has 0 aromatic heterocycles. The number of ether oxygens (including phenoxy) is 2. The second-order valence-electron chi connectivity index (χ2n) is 6.81. The number of carbonyl (C=O) groups excluding carboxylic acids is 1. The molecule has 0 amide bonds. The van der Waals surface area contributed by atoms with E-state index in [0.29, 0.717) is 19.1 Å². The average molecular weight is 313 g/mol. The van der Waals surface area contributed by atoms with Gasteiger partial charge in [-0.25, -0.2) is 0 Å². The van der Waals surface area contributed by atoms with Crippen LogP contribution in [0.2, 0.25) is 0 Å².